The van der Waals surface area contributed by atoms with Crippen LogP contribution >= 0.6 is 0 Å². The SMILES string of the molecule is CC(n1ccnn1)C(C(N)=O)(n1ccnn1)S(C)(=O)=O. The standard InChI is InChI=1S/C9H13N7O3S/c1-7(15-5-3-11-13-15)9(8(10)17,20(2,18)19)16-6-4-12-14-16/h3-7H,1-2H3,(H2,10,17). The minimum Gasteiger partial charge on any atom is -0.367 e. The highest BCUT2D eigenvalue weighted by atomic mass is 32.2. The second-order valence-corrected chi connectivity index (χ2v) is 6.41. The molecule has 2 aromatic heterocycles. The van der Waals surface area contributed by atoms with E-state index in [-0.39, 0.29) is 0 Å². The van der Waals surface area contributed by atoms with Crippen LogP contribution < -0.4 is 5.73 Å². The van der Waals surface area contributed by atoms with Crippen molar-refractivity contribution in [3.8, 4) is 0 Å². The molecule has 2 heterocycles. The predicted molar refractivity (Wildman–Crippen MR) is 66.8 cm³/mol. The van der Waals surface area contributed by atoms with Gasteiger partial charge >= 0.3 is 0 Å². The fraction of sp³-hybridized carbons (Fsp3) is 0.444. The zero-order valence-corrected chi connectivity index (χ0v) is 11.6. The van der Waals surface area contributed by atoms with Crippen molar-refractivity contribution in [1.82, 2.24) is 30.0 Å². The third-order valence-electron chi connectivity index (χ3n) is 3.09. The maximum absolute atomic E-state index is 12.3. The normalized spacial score (nSPS) is 16.5. The van der Waals surface area contributed by atoms with Gasteiger partial charge in [0.15, 0.2) is 9.84 Å². The molecule has 20 heavy (non-hydrogen) atoms. The Labute approximate surface area is 114 Å². The van der Waals surface area contributed by atoms with Crippen LogP contribution in [0.4, 0.5) is 0 Å². The number of nitrogens with two attached hydrogens (primary N) is 1. The zero-order valence-electron chi connectivity index (χ0n) is 10.8. The highest BCUT2D eigenvalue weighted by molar-refractivity contribution is 7.92. The molecule has 2 aromatic rings. The summed E-state index contributed by atoms with van der Waals surface area (Å²) in [5, 5.41) is 14.5. The van der Waals surface area contributed by atoms with E-state index < -0.39 is 26.7 Å². The molecule has 0 bridgehead atoms. The molecule has 0 aromatic carbocycles. The van der Waals surface area contributed by atoms with Crippen molar-refractivity contribution in [2.75, 3.05) is 6.26 Å². The average molecular weight is 299 g/mol. The lowest BCUT2D eigenvalue weighted by Gasteiger charge is -2.33. The van der Waals surface area contributed by atoms with Gasteiger partial charge in [-0.05, 0) is 6.92 Å². The predicted octanol–water partition coefficient (Wildman–Crippen LogP) is -1.69. The van der Waals surface area contributed by atoms with Crippen LogP contribution in [0.15, 0.2) is 24.8 Å². The van der Waals surface area contributed by atoms with Crippen LogP contribution in [-0.4, -0.2) is 50.6 Å². The molecule has 0 radical (unpaired) electrons. The van der Waals surface area contributed by atoms with Gasteiger partial charge in [-0.3, -0.25) is 4.79 Å². The Kier molecular flexibility index (Phi) is 3.29. The summed E-state index contributed by atoms with van der Waals surface area (Å²) in [6, 6.07) is -0.959. The van der Waals surface area contributed by atoms with Gasteiger partial charge in [-0.2, -0.15) is 0 Å². The Balaban J connectivity index is 2.75. The summed E-state index contributed by atoms with van der Waals surface area (Å²) in [6.45, 7) is 1.49. The van der Waals surface area contributed by atoms with E-state index in [2.05, 4.69) is 20.6 Å². The van der Waals surface area contributed by atoms with Gasteiger partial charge in [0.2, 0.25) is 0 Å². The van der Waals surface area contributed by atoms with Gasteiger partial charge in [0.1, 0.15) is 0 Å². The maximum Gasteiger partial charge on any atom is 0.263 e. The fourth-order valence-electron chi connectivity index (χ4n) is 2.16. The lowest BCUT2D eigenvalue weighted by atomic mass is 10.1. The number of sulfone groups is 1. The highest BCUT2D eigenvalue weighted by Gasteiger charge is 2.55. The molecule has 0 saturated carbocycles. The minimum absolute atomic E-state index is 0.910. The van der Waals surface area contributed by atoms with Crippen molar-refractivity contribution >= 4 is 15.7 Å². The molecule has 2 rings (SSSR count). The Morgan fingerprint density at radius 2 is 1.85 bits per heavy atom. The van der Waals surface area contributed by atoms with Crippen LogP contribution in [0.1, 0.15) is 13.0 Å². The average Bonchev–Trinajstić information content (AvgIpc) is 3.00. The molecule has 2 N–H and O–H groups in total. The molecule has 0 aliphatic carbocycles. The fourth-order valence-corrected chi connectivity index (χ4v) is 3.69. The number of carbonyl (C=O) groups is 1. The number of aromatic nitrogens is 6. The van der Waals surface area contributed by atoms with E-state index in [9.17, 15) is 13.2 Å². The summed E-state index contributed by atoms with van der Waals surface area (Å²) in [5.41, 5.74) is 5.39. The van der Waals surface area contributed by atoms with Crippen LogP contribution in [0.25, 0.3) is 0 Å². The van der Waals surface area contributed by atoms with E-state index in [1.54, 1.807) is 0 Å². The molecule has 0 fully saturated rings. The quantitative estimate of drug-likeness (QED) is 0.695. The monoisotopic (exact) mass is 299 g/mol. The molecule has 108 valence electrons. The van der Waals surface area contributed by atoms with Crippen molar-refractivity contribution in [2.45, 2.75) is 17.8 Å². The molecule has 0 aliphatic rings. The number of primary amides is 1. The molecule has 1 amide bonds. The summed E-state index contributed by atoms with van der Waals surface area (Å²) < 4.78 is 26.7. The molecular formula is C9H13N7O3S. The molecule has 2 atom stereocenters. The Morgan fingerprint density at radius 3 is 2.25 bits per heavy atom. The molecule has 0 aliphatic heterocycles. The first kappa shape index (κ1) is 14.1. The van der Waals surface area contributed by atoms with Crippen LogP contribution in [0.3, 0.4) is 0 Å². The summed E-state index contributed by atoms with van der Waals surface area (Å²) in [5.74, 6) is -1.08. The van der Waals surface area contributed by atoms with Gasteiger partial charge < -0.3 is 5.73 Å². The smallest absolute Gasteiger partial charge is 0.263 e. The molecule has 0 saturated heterocycles. The van der Waals surface area contributed by atoms with E-state index in [4.69, 9.17) is 5.73 Å². The topological polar surface area (TPSA) is 139 Å². The Hall–Kier alpha value is -2.30. The van der Waals surface area contributed by atoms with Crippen molar-refractivity contribution in [3.05, 3.63) is 24.8 Å². The number of hydrogen-bond donors (Lipinski definition) is 1. The van der Waals surface area contributed by atoms with Crippen molar-refractivity contribution in [1.29, 1.82) is 0 Å². The largest absolute Gasteiger partial charge is 0.367 e. The molecule has 10 nitrogen and oxygen atoms in total. The van der Waals surface area contributed by atoms with Crippen LogP contribution in [0.2, 0.25) is 0 Å². The summed E-state index contributed by atoms with van der Waals surface area (Å²) in [4.78, 5) is 9.85. The number of rotatable bonds is 5. The summed E-state index contributed by atoms with van der Waals surface area (Å²) >= 11 is 0. The van der Waals surface area contributed by atoms with Crippen LogP contribution in [-0.2, 0) is 19.5 Å². The van der Waals surface area contributed by atoms with Crippen molar-refractivity contribution < 1.29 is 13.2 Å². The zero-order chi connectivity index (χ0) is 15.0. The Bertz CT molecular complexity index is 694. The van der Waals surface area contributed by atoms with Gasteiger partial charge in [0.05, 0.1) is 18.4 Å². The van der Waals surface area contributed by atoms with E-state index >= 15 is 0 Å². The third-order valence-corrected chi connectivity index (χ3v) is 4.95. The van der Waals surface area contributed by atoms with Crippen LogP contribution in [0.5, 0.6) is 0 Å². The van der Waals surface area contributed by atoms with Crippen LogP contribution in [0, 0.1) is 0 Å². The van der Waals surface area contributed by atoms with Gasteiger partial charge in [-0.15, -0.1) is 10.2 Å². The van der Waals surface area contributed by atoms with E-state index in [1.807, 2.05) is 0 Å². The molecule has 11 heteroatoms. The van der Waals surface area contributed by atoms with Gasteiger partial charge in [-0.1, -0.05) is 10.4 Å². The van der Waals surface area contributed by atoms with Crippen molar-refractivity contribution in [3.63, 3.8) is 0 Å². The second-order valence-electron chi connectivity index (χ2n) is 4.24. The van der Waals surface area contributed by atoms with E-state index in [0.717, 1.165) is 10.9 Å². The van der Waals surface area contributed by atoms with Gasteiger partial charge in [0.25, 0.3) is 10.8 Å². The number of amides is 1. The van der Waals surface area contributed by atoms with Crippen molar-refractivity contribution in [2.24, 2.45) is 5.73 Å². The molecule has 0 spiro atoms. The Morgan fingerprint density at radius 1 is 1.25 bits per heavy atom. The number of carbonyl (C=O) groups excluding carboxylic acids is 1. The third kappa shape index (κ3) is 1.86. The lowest BCUT2D eigenvalue weighted by Crippen LogP contribution is -2.57. The first-order valence-corrected chi connectivity index (χ1v) is 7.43. The van der Waals surface area contributed by atoms with Gasteiger partial charge in [0, 0.05) is 18.6 Å². The molecular weight excluding hydrogens is 286 g/mol. The summed E-state index contributed by atoms with van der Waals surface area (Å²) in [7, 11) is -3.98. The maximum atomic E-state index is 12.3. The lowest BCUT2D eigenvalue weighted by molar-refractivity contribution is -0.124. The van der Waals surface area contributed by atoms with E-state index in [1.165, 1.54) is 36.4 Å². The number of hydrogen-bond acceptors (Lipinski definition) is 7. The van der Waals surface area contributed by atoms with E-state index in [0.29, 0.717) is 0 Å². The number of nitrogens with zero attached hydrogens (tertiary/aromatic N) is 6. The first-order chi connectivity index (χ1) is 9.31. The minimum atomic E-state index is -3.98. The van der Waals surface area contributed by atoms with Gasteiger partial charge in [-0.25, -0.2) is 17.8 Å². The molecule has 2 unspecified atom stereocenters. The highest BCUT2D eigenvalue weighted by Crippen LogP contribution is 2.34. The second kappa shape index (κ2) is 4.67. The first-order valence-electron chi connectivity index (χ1n) is 5.54. The summed E-state index contributed by atoms with van der Waals surface area (Å²) in [6.07, 6.45) is 6.24.